The van der Waals surface area contributed by atoms with Crippen molar-refractivity contribution in [2.24, 2.45) is 0 Å². The Kier molecular flexibility index (Phi) is 6.78. The molecule has 0 aliphatic carbocycles. The number of hydrogen-bond donors (Lipinski definition) is 1. The van der Waals surface area contributed by atoms with E-state index < -0.39 is 0 Å². The van der Waals surface area contributed by atoms with Crippen molar-refractivity contribution in [3.8, 4) is 11.5 Å². The molecule has 6 heteroatoms. The summed E-state index contributed by atoms with van der Waals surface area (Å²) in [5.74, 6) is 1.90. The molecular formula is C25H33N3O3. The Morgan fingerprint density at radius 1 is 1.13 bits per heavy atom. The first kappa shape index (κ1) is 21.7. The lowest BCUT2D eigenvalue weighted by Gasteiger charge is -2.37. The number of carbonyl (C=O) groups excluding carboxylic acids is 1. The zero-order valence-corrected chi connectivity index (χ0v) is 18.8. The average molecular weight is 424 g/mol. The summed E-state index contributed by atoms with van der Waals surface area (Å²) in [6.07, 6.45) is 1.01. The quantitative estimate of drug-likeness (QED) is 0.742. The topological polar surface area (TPSA) is 54.0 Å². The average Bonchev–Trinajstić information content (AvgIpc) is 3.27. The van der Waals surface area contributed by atoms with Crippen molar-refractivity contribution in [1.82, 2.24) is 15.1 Å². The third kappa shape index (κ3) is 5.02. The Morgan fingerprint density at radius 3 is 2.68 bits per heavy atom. The van der Waals surface area contributed by atoms with Gasteiger partial charge in [0.25, 0.3) is 0 Å². The molecule has 2 atom stereocenters. The van der Waals surface area contributed by atoms with Crippen LogP contribution in [0, 0.1) is 0 Å². The number of carbonyl (C=O) groups is 1. The van der Waals surface area contributed by atoms with Gasteiger partial charge in [-0.05, 0) is 37.1 Å². The minimum atomic E-state index is -0.156. The summed E-state index contributed by atoms with van der Waals surface area (Å²) in [7, 11) is 1.66. The summed E-state index contributed by atoms with van der Waals surface area (Å²) in [5, 5.41) is 3.16. The SMILES string of the molecule is COc1ccccc1C(C)NC(=O)C(C)N1CCN(Cc2ccc3c(c2)CCO3)CC1. The standard InChI is InChI=1S/C25H33N3O3/c1-18(22-6-4-5-7-24(22)30-3)26-25(29)19(2)28-13-11-27(12-14-28)17-20-8-9-23-21(16-20)10-15-31-23/h4-9,16,18-19H,10-15,17H2,1-3H3,(H,26,29). The van der Waals surface area contributed by atoms with Gasteiger partial charge in [-0.25, -0.2) is 0 Å². The fourth-order valence-electron chi connectivity index (χ4n) is 4.51. The summed E-state index contributed by atoms with van der Waals surface area (Å²) in [6.45, 7) is 9.47. The van der Waals surface area contributed by atoms with Gasteiger partial charge in [0.2, 0.25) is 5.91 Å². The van der Waals surface area contributed by atoms with Crippen LogP contribution in [0.25, 0.3) is 0 Å². The van der Waals surface area contributed by atoms with Crippen LogP contribution in [0.3, 0.4) is 0 Å². The van der Waals surface area contributed by atoms with Gasteiger partial charge in [-0.1, -0.05) is 30.3 Å². The predicted molar refractivity (Wildman–Crippen MR) is 122 cm³/mol. The maximum atomic E-state index is 12.9. The van der Waals surface area contributed by atoms with Crippen molar-refractivity contribution in [1.29, 1.82) is 0 Å². The van der Waals surface area contributed by atoms with E-state index in [9.17, 15) is 4.79 Å². The second kappa shape index (κ2) is 9.71. The Hall–Kier alpha value is -2.57. The van der Waals surface area contributed by atoms with E-state index in [1.807, 2.05) is 38.1 Å². The van der Waals surface area contributed by atoms with Crippen LogP contribution in [-0.4, -0.2) is 61.6 Å². The van der Waals surface area contributed by atoms with Crippen LogP contribution >= 0.6 is 0 Å². The van der Waals surface area contributed by atoms with Crippen LogP contribution in [0.15, 0.2) is 42.5 Å². The Labute approximate surface area is 185 Å². The van der Waals surface area contributed by atoms with Crippen molar-refractivity contribution in [3.05, 3.63) is 59.2 Å². The number of benzene rings is 2. The van der Waals surface area contributed by atoms with Crippen molar-refractivity contribution in [3.63, 3.8) is 0 Å². The van der Waals surface area contributed by atoms with Crippen molar-refractivity contribution in [2.75, 3.05) is 39.9 Å². The Balaban J connectivity index is 1.27. The van der Waals surface area contributed by atoms with Gasteiger partial charge in [0.1, 0.15) is 11.5 Å². The van der Waals surface area contributed by atoms with Crippen LogP contribution in [0.2, 0.25) is 0 Å². The van der Waals surface area contributed by atoms with E-state index in [0.29, 0.717) is 0 Å². The smallest absolute Gasteiger partial charge is 0.237 e. The maximum absolute atomic E-state index is 12.9. The van der Waals surface area contributed by atoms with E-state index in [-0.39, 0.29) is 18.0 Å². The number of hydrogen-bond acceptors (Lipinski definition) is 5. The third-order valence-corrected chi connectivity index (χ3v) is 6.46. The van der Waals surface area contributed by atoms with Crippen LogP contribution in [0.5, 0.6) is 11.5 Å². The molecule has 0 bridgehead atoms. The second-order valence-corrected chi connectivity index (χ2v) is 8.50. The molecule has 0 saturated carbocycles. The first-order valence-electron chi connectivity index (χ1n) is 11.2. The Bertz CT molecular complexity index is 909. The number of nitrogens with one attached hydrogen (secondary N) is 1. The van der Waals surface area contributed by atoms with Crippen LogP contribution in [0.1, 0.15) is 36.6 Å². The van der Waals surface area contributed by atoms with E-state index in [0.717, 1.165) is 62.8 Å². The molecule has 2 aliphatic rings. The van der Waals surface area contributed by atoms with Crippen molar-refractivity contribution in [2.45, 2.75) is 38.9 Å². The van der Waals surface area contributed by atoms with Crippen LogP contribution < -0.4 is 14.8 Å². The molecule has 0 radical (unpaired) electrons. The molecule has 1 fully saturated rings. The summed E-state index contributed by atoms with van der Waals surface area (Å²) in [6, 6.07) is 14.1. The lowest BCUT2D eigenvalue weighted by Crippen LogP contribution is -2.53. The van der Waals surface area contributed by atoms with Gasteiger partial charge in [0, 0.05) is 44.7 Å². The van der Waals surface area contributed by atoms with E-state index in [2.05, 4.69) is 33.3 Å². The lowest BCUT2D eigenvalue weighted by atomic mass is 10.1. The van der Waals surface area contributed by atoms with E-state index in [1.54, 1.807) is 7.11 Å². The molecule has 4 rings (SSSR count). The predicted octanol–water partition coefficient (Wildman–Crippen LogP) is 3.01. The summed E-state index contributed by atoms with van der Waals surface area (Å²) < 4.78 is 11.0. The molecule has 6 nitrogen and oxygen atoms in total. The highest BCUT2D eigenvalue weighted by atomic mass is 16.5. The number of piperazine rings is 1. The number of rotatable bonds is 7. The van der Waals surface area contributed by atoms with Crippen LogP contribution in [0.4, 0.5) is 0 Å². The van der Waals surface area contributed by atoms with Gasteiger partial charge >= 0.3 is 0 Å². The highest BCUT2D eigenvalue weighted by molar-refractivity contribution is 5.81. The molecule has 31 heavy (non-hydrogen) atoms. The molecule has 0 spiro atoms. The number of nitrogens with zero attached hydrogens (tertiary/aromatic N) is 2. The fourth-order valence-corrected chi connectivity index (χ4v) is 4.51. The van der Waals surface area contributed by atoms with Gasteiger partial charge in [0.15, 0.2) is 0 Å². The van der Waals surface area contributed by atoms with Gasteiger partial charge in [-0.3, -0.25) is 14.6 Å². The minimum absolute atomic E-state index is 0.0606. The van der Waals surface area contributed by atoms with Gasteiger partial charge in [0.05, 0.1) is 25.8 Å². The first-order chi connectivity index (χ1) is 15.0. The fraction of sp³-hybridized carbons (Fsp3) is 0.480. The van der Waals surface area contributed by atoms with Crippen LogP contribution in [-0.2, 0) is 17.8 Å². The number of para-hydroxylation sites is 1. The highest BCUT2D eigenvalue weighted by Gasteiger charge is 2.27. The van der Waals surface area contributed by atoms with Crippen molar-refractivity contribution >= 4 is 5.91 Å². The van der Waals surface area contributed by atoms with E-state index in [4.69, 9.17) is 9.47 Å². The molecule has 2 aromatic rings. The number of fused-ring (bicyclic) bond motifs is 1. The first-order valence-corrected chi connectivity index (χ1v) is 11.2. The number of ether oxygens (including phenoxy) is 2. The monoisotopic (exact) mass is 423 g/mol. The Morgan fingerprint density at radius 2 is 1.90 bits per heavy atom. The molecule has 1 saturated heterocycles. The second-order valence-electron chi connectivity index (χ2n) is 8.50. The third-order valence-electron chi connectivity index (χ3n) is 6.46. The molecule has 2 unspecified atom stereocenters. The number of methoxy groups -OCH3 is 1. The largest absolute Gasteiger partial charge is 0.496 e. The zero-order valence-electron chi connectivity index (χ0n) is 18.8. The molecule has 2 aromatic carbocycles. The van der Waals surface area contributed by atoms with Gasteiger partial charge in [-0.2, -0.15) is 0 Å². The molecule has 0 aromatic heterocycles. The molecular weight excluding hydrogens is 390 g/mol. The summed E-state index contributed by atoms with van der Waals surface area (Å²) >= 11 is 0. The zero-order chi connectivity index (χ0) is 21.8. The van der Waals surface area contributed by atoms with Crippen molar-refractivity contribution < 1.29 is 14.3 Å². The highest BCUT2D eigenvalue weighted by Crippen LogP contribution is 2.27. The molecule has 166 valence electrons. The number of amides is 1. The summed E-state index contributed by atoms with van der Waals surface area (Å²) in [4.78, 5) is 17.6. The molecule has 1 amide bonds. The van der Waals surface area contributed by atoms with E-state index >= 15 is 0 Å². The van der Waals surface area contributed by atoms with Gasteiger partial charge in [-0.15, -0.1) is 0 Å². The summed E-state index contributed by atoms with van der Waals surface area (Å²) in [5.41, 5.74) is 3.66. The lowest BCUT2D eigenvalue weighted by molar-refractivity contribution is -0.127. The van der Waals surface area contributed by atoms with E-state index in [1.165, 1.54) is 11.1 Å². The maximum Gasteiger partial charge on any atom is 0.237 e. The molecule has 1 N–H and O–H groups in total. The normalized spacial score (nSPS) is 18.7. The van der Waals surface area contributed by atoms with Gasteiger partial charge < -0.3 is 14.8 Å². The molecule has 2 heterocycles. The molecule has 2 aliphatic heterocycles. The minimum Gasteiger partial charge on any atom is -0.496 e.